The van der Waals surface area contributed by atoms with E-state index in [1.165, 1.54) is 0 Å². The van der Waals surface area contributed by atoms with Crippen molar-refractivity contribution in [2.24, 2.45) is 0 Å². The van der Waals surface area contributed by atoms with Crippen LogP contribution in [0.15, 0.2) is 85.3 Å². The Balaban J connectivity index is 1.47. The van der Waals surface area contributed by atoms with Crippen LogP contribution in [0.1, 0.15) is 21.5 Å². The van der Waals surface area contributed by atoms with Crippen molar-refractivity contribution in [2.75, 3.05) is 10.6 Å². The third-order valence-corrected chi connectivity index (χ3v) is 5.53. The molecule has 3 aromatic heterocycles. The molecule has 0 saturated carbocycles. The Bertz CT molecular complexity index is 1460. The summed E-state index contributed by atoms with van der Waals surface area (Å²) >= 11 is 0. The van der Waals surface area contributed by atoms with Crippen LogP contribution < -0.4 is 10.6 Å². The zero-order valence-corrected chi connectivity index (χ0v) is 18.4. The number of anilines is 3. The first-order chi connectivity index (χ1) is 16.1. The lowest BCUT2D eigenvalue weighted by Crippen LogP contribution is -2.12. The van der Waals surface area contributed by atoms with Crippen molar-refractivity contribution in [3.05, 3.63) is 102 Å². The third kappa shape index (κ3) is 4.32. The van der Waals surface area contributed by atoms with Crippen molar-refractivity contribution in [1.29, 1.82) is 0 Å². The van der Waals surface area contributed by atoms with Gasteiger partial charge in [0.1, 0.15) is 5.65 Å². The maximum Gasteiger partial charge on any atom is 0.255 e. The Labute approximate surface area is 191 Å². The van der Waals surface area contributed by atoms with Crippen LogP contribution in [-0.4, -0.2) is 20.9 Å². The number of carbonyl (C=O) groups is 1. The number of nitrogens with one attached hydrogen (secondary N) is 3. The van der Waals surface area contributed by atoms with E-state index in [1.807, 2.05) is 86.8 Å². The van der Waals surface area contributed by atoms with E-state index >= 15 is 0 Å². The number of nitrogens with zero attached hydrogens (tertiary/aromatic N) is 2. The highest BCUT2D eigenvalue weighted by Gasteiger charge is 2.12. The van der Waals surface area contributed by atoms with Crippen molar-refractivity contribution in [1.82, 2.24) is 15.0 Å². The van der Waals surface area contributed by atoms with E-state index < -0.39 is 0 Å². The number of H-pyrrole nitrogens is 1. The van der Waals surface area contributed by atoms with Crippen LogP contribution in [-0.2, 0) is 0 Å². The summed E-state index contributed by atoms with van der Waals surface area (Å²) < 4.78 is 0. The highest BCUT2D eigenvalue weighted by molar-refractivity contribution is 6.04. The van der Waals surface area contributed by atoms with Crippen LogP contribution in [0.3, 0.4) is 0 Å². The molecule has 0 fully saturated rings. The average molecular weight is 434 g/mol. The summed E-state index contributed by atoms with van der Waals surface area (Å²) in [5.74, 6) is -0.135. The summed E-state index contributed by atoms with van der Waals surface area (Å²) in [6.45, 7) is 4.01. The van der Waals surface area contributed by atoms with E-state index in [4.69, 9.17) is 4.98 Å². The van der Waals surface area contributed by atoms with Crippen LogP contribution in [0.2, 0.25) is 0 Å². The number of benzene rings is 2. The standard InChI is InChI=1S/C27H23N5O/c1-17-5-3-6-19(13-17)27(33)30-21-9-8-18(2)23(14-21)31-25-15-24(20-7-4-11-28-16-20)32-26-22(25)10-12-29-26/h3-16H,1-2H3,(H,30,33)(H2,29,31,32). The predicted molar refractivity (Wildman–Crippen MR) is 133 cm³/mol. The molecule has 1 amide bonds. The molecule has 0 atom stereocenters. The number of hydrogen-bond acceptors (Lipinski definition) is 4. The molecular weight excluding hydrogens is 410 g/mol. The molecule has 0 unspecified atom stereocenters. The normalized spacial score (nSPS) is 10.8. The molecule has 2 aromatic carbocycles. The van der Waals surface area contributed by atoms with Crippen LogP contribution in [0, 0.1) is 13.8 Å². The topological polar surface area (TPSA) is 82.7 Å². The maximum atomic E-state index is 12.7. The van der Waals surface area contributed by atoms with Crippen LogP contribution in [0.25, 0.3) is 22.3 Å². The van der Waals surface area contributed by atoms with Gasteiger partial charge in [-0.2, -0.15) is 0 Å². The fourth-order valence-corrected chi connectivity index (χ4v) is 3.77. The van der Waals surface area contributed by atoms with E-state index in [1.54, 1.807) is 12.4 Å². The lowest BCUT2D eigenvalue weighted by molar-refractivity contribution is 0.102. The Kier molecular flexibility index (Phi) is 5.32. The average Bonchev–Trinajstić information content (AvgIpc) is 3.31. The lowest BCUT2D eigenvalue weighted by atomic mass is 10.1. The summed E-state index contributed by atoms with van der Waals surface area (Å²) in [6, 6.07) is 21.3. The molecule has 162 valence electrons. The fourth-order valence-electron chi connectivity index (χ4n) is 3.77. The Morgan fingerprint density at radius 2 is 1.85 bits per heavy atom. The zero-order valence-electron chi connectivity index (χ0n) is 18.4. The molecule has 0 aliphatic carbocycles. The summed E-state index contributed by atoms with van der Waals surface area (Å²) in [5.41, 5.74) is 7.85. The van der Waals surface area contributed by atoms with Gasteiger partial charge in [0, 0.05) is 46.5 Å². The van der Waals surface area contributed by atoms with E-state index in [2.05, 4.69) is 20.6 Å². The van der Waals surface area contributed by atoms with Gasteiger partial charge in [0.15, 0.2) is 0 Å². The van der Waals surface area contributed by atoms with Crippen LogP contribution in [0.5, 0.6) is 0 Å². The summed E-state index contributed by atoms with van der Waals surface area (Å²) in [4.78, 5) is 24.9. The first-order valence-electron chi connectivity index (χ1n) is 10.7. The first-order valence-corrected chi connectivity index (χ1v) is 10.7. The summed E-state index contributed by atoms with van der Waals surface area (Å²) in [6.07, 6.45) is 5.42. The number of fused-ring (bicyclic) bond motifs is 1. The Morgan fingerprint density at radius 1 is 0.939 bits per heavy atom. The Morgan fingerprint density at radius 3 is 2.67 bits per heavy atom. The number of rotatable bonds is 5. The number of hydrogen-bond donors (Lipinski definition) is 3. The van der Waals surface area contributed by atoms with Gasteiger partial charge in [-0.05, 0) is 67.9 Å². The van der Waals surface area contributed by atoms with Crippen molar-refractivity contribution in [2.45, 2.75) is 13.8 Å². The molecule has 3 N–H and O–H groups in total. The molecule has 0 aliphatic rings. The molecule has 0 aliphatic heterocycles. The second-order valence-electron chi connectivity index (χ2n) is 8.02. The second kappa shape index (κ2) is 8.59. The molecular formula is C27H23N5O. The first kappa shape index (κ1) is 20.5. The molecule has 3 heterocycles. The van der Waals surface area contributed by atoms with Gasteiger partial charge < -0.3 is 15.6 Å². The predicted octanol–water partition coefficient (Wildman–Crippen LogP) is 6.24. The number of aromatic nitrogens is 3. The third-order valence-electron chi connectivity index (χ3n) is 5.53. The van der Waals surface area contributed by atoms with Crippen molar-refractivity contribution >= 4 is 34.0 Å². The monoisotopic (exact) mass is 433 g/mol. The second-order valence-corrected chi connectivity index (χ2v) is 8.02. The van der Waals surface area contributed by atoms with E-state index in [-0.39, 0.29) is 5.91 Å². The van der Waals surface area contributed by atoms with E-state index in [0.717, 1.165) is 50.5 Å². The molecule has 0 radical (unpaired) electrons. The molecule has 33 heavy (non-hydrogen) atoms. The molecule has 5 rings (SSSR count). The highest BCUT2D eigenvalue weighted by Crippen LogP contribution is 2.32. The van der Waals surface area contributed by atoms with E-state index in [9.17, 15) is 4.79 Å². The molecule has 6 nitrogen and oxygen atoms in total. The highest BCUT2D eigenvalue weighted by atomic mass is 16.1. The number of carbonyl (C=O) groups excluding carboxylic acids is 1. The van der Waals surface area contributed by atoms with E-state index in [0.29, 0.717) is 5.56 Å². The minimum absolute atomic E-state index is 0.135. The minimum atomic E-state index is -0.135. The zero-order chi connectivity index (χ0) is 22.8. The van der Waals surface area contributed by atoms with Crippen molar-refractivity contribution < 1.29 is 4.79 Å². The number of pyridine rings is 2. The SMILES string of the molecule is Cc1cccc(C(=O)Nc2ccc(C)c(Nc3cc(-c4cccnc4)nc4[nH]ccc34)c2)c1. The van der Waals surface area contributed by atoms with Crippen molar-refractivity contribution in [3.8, 4) is 11.3 Å². The van der Waals surface area contributed by atoms with Crippen LogP contribution >= 0.6 is 0 Å². The number of amides is 1. The summed E-state index contributed by atoms with van der Waals surface area (Å²) in [7, 11) is 0. The molecule has 0 bridgehead atoms. The largest absolute Gasteiger partial charge is 0.355 e. The van der Waals surface area contributed by atoms with Gasteiger partial charge >= 0.3 is 0 Å². The fraction of sp³-hybridized carbons (Fsp3) is 0.0741. The summed E-state index contributed by atoms with van der Waals surface area (Å²) in [5, 5.41) is 7.53. The van der Waals surface area contributed by atoms with Gasteiger partial charge in [-0.3, -0.25) is 9.78 Å². The molecule has 0 saturated heterocycles. The smallest absolute Gasteiger partial charge is 0.255 e. The number of aryl methyl sites for hydroxylation is 2. The van der Waals surface area contributed by atoms with Gasteiger partial charge in [0.05, 0.1) is 11.4 Å². The lowest BCUT2D eigenvalue weighted by Gasteiger charge is -2.14. The van der Waals surface area contributed by atoms with Gasteiger partial charge in [-0.25, -0.2) is 4.98 Å². The van der Waals surface area contributed by atoms with Gasteiger partial charge in [0.2, 0.25) is 0 Å². The molecule has 6 heteroatoms. The molecule has 0 spiro atoms. The number of aromatic amines is 1. The van der Waals surface area contributed by atoms with Crippen LogP contribution in [0.4, 0.5) is 17.1 Å². The minimum Gasteiger partial charge on any atom is -0.355 e. The van der Waals surface area contributed by atoms with Gasteiger partial charge in [-0.15, -0.1) is 0 Å². The maximum absolute atomic E-state index is 12.7. The van der Waals surface area contributed by atoms with Gasteiger partial charge in [0.25, 0.3) is 5.91 Å². The quantitative estimate of drug-likeness (QED) is 0.306. The Hall–Kier alpha value is -4.45. The van der Waals surface area contributed by atoms with Gasteiger partial charge in [-0.1, -0.05) is 23.8 Å². The molecule has 5 aromatic rings. The van der Waals surface area contributed by atoms with Crippen molar-refractivity contribution in [3.63, 3.8) is 0 Å².